The van der Waals surface area contributed by atoms with Gasteiger partial charge in [-0.05, 0) is 18.6 Å². The Kier molecular flexibility index (Phi) is 5.86. The molecular formula is C25H23FN6O3. The van der Waals surface area contributed by atoms with Crippen LogP contribution in [-0.2, 0) is 17.9 Å². The van der Waals surface area contributed by atoms with Crippen LogP contribution in [0.25, 0.3) is 16.9 Å². The molecule has 0 radical (unpaired) electrons. The zero-order valence-corrected chi connectivity index (χ0v) is 19.1. The molecule has 2 amide bonds. The number of nitrogens with one attached hydrogen (secondary N) is 1. The molecule has 0 unspecified atom stereocenters. The molecule has 4 heterocycles. The van der Waals surface area contributed by atoms with Gasteiger partial charge >= 0.3 is 0 Å². The Balaban J connectivity index is 1.60. The second-order valence-electron chi connectivity index (χ2n) is 8.37. The van der Waals surface area contributed by atoms with Gasteiger partial charge in [-0.1, -0.05) is 43.7 Å². The van der Waals surface area contributed by atoms with Crippen molar-refractivity contribution in [2.45, 2.75) is 32.9 Å². The molecule has 0 saturated carbocycles. The molecule has 3 aromatic heterocycles. The maximum atomic E-state index is 13.4. The van der Waals surface area contributed by atoms with Gasteiger partial charge in [-0.2, -0.15) is 9.61 Å². The molecule has 178 valence electrons. The number of unbranched alkanes of at least 4 members (excludes halogenated alkanes) is 1. The average Bonchev–Trinajstić information content (AvgIpc) is 3.45. The molecular weight excluding hydrogens is 451 g/mol. The van der Waals surface area contributed by atoms with Crippen molar-refractivity contribution in [2.24, 2.45) is 0 Å². The molecule has 9 nitrogen and oxygen atoms in total. The number of amides is 2. The van der Waals surface area contributed by atoms with E-state index >= 15 is 0 Å². The van der Waals surface area contributed by atoms with Gasteiger partial charge in [-0.3, -0.25) is 14.4 Å². The fourth-order valence-electron chi connectivity index (χ4n) is 4.23. The molecule has 10 heteroatoms. The Bertz CT molecular complexity index is 1480. The van der Waals surface area contributed by atoms with Gasteiger partial charge in [0, 0.05) is 18.2 Å². The number of aromatic nitrogens is 4. The van der Waals surface area contributed by atoms with Crippen molar-refractivity contribution in [1.29, 1.82) is 0 Å². The zero-order chi connectivity index (χ0) is 24.5. The Morgan fingerprint density at radius 3 is 2.66 bits per heavy atom. The minimum atomic E-state index is -0.520. The molecule has 0 fully saturated rings. The third-order valence-corrected chi connectivity index (χ3v) is 5.96. The number of rotatable bonds is 7. The lowest BCUT2D eigenvalue weighted by molar-refractivity contribution is -0.116. The van der Waals surface area contributed by atoms with Crippen LogP contribution in [0.15, 0.2) is 59.5 Å². The van der Waals surface area contributed by atoms with E-state index in [0.29, 0.717) is 23.4 Å². The molecule has 5 rings (SSSR count). The van der Waals surface area contributed by atoms with Crippen LogP contribution in [0, 0.1) is 5.82 Å². The van der Waals surface area contributed by atoms with Crippen LogP contribution in [0.2, 0.25) is 0 Å². The number of hydrogen-bond acceptors (Lipinski definition) is 5. The van der Waals surface area contributed by atoms with Crippen molar-refractivity contribution in [3.05, 3.63) is 82.2 Å². The first-order chi connectivity index (χ1) is 17.0. The van der Waals surface area contributed by atoms with Crippen LogP contribution < -0.4 is 10.9 Å². The SMILES string of the molecule is CCCCN1Cc2c(n(CC(=O)Nc3ccc(F)cn3)c3cc(-c4ccccc4)nn3c2=O)C1=O. The highest BCUT2D eigenvalue weighted by atomic mass is 19.1. The van der Waals surface area contributed by atoms with Crippen molar-refractivity contribution in [3.63, 3.8) is 0 Å². The molecule has 4 aromatic rings. The number of anilines is 1. The monoisotopic (exact) mass is 474 g/mol. The highest BCUT2D eigenvalue weighted by Gasteiger charge is 2.35. The summed E-state index contributed by atoms with van der Waals surface area (Å²) in [5, 5.41) is 7.12. The summed E-state index contributed by atoms with van der Waals surface area (Å²) in [6.07, 6.45) is 2.71. The minimum Gasteiger partial charge on any atom is -0.333 e. The predicted octanol–water partition coefficient (Wildman–Crippen LogP) is 3.09. The summed E-state index contributed by atoms with van der Waals surface area (Å²) in [7, 11) is 0. The second kappa shape index (κ2) is 9.13. The molecule has 1 aliphatic heterocycles. The normalized spacial score (nSPS) is 12.9. The number of pyridine rings is 1. The van der Waals surface area contributed by atoms with Crippen LogP contribution >= 0.6 is 0 Å². The number of halogens is 1. The summed E-state index contributed by atoms with van der Waals surface area (Å²) in [6.45, 7) is 2.47. The van der Waals surface area contributed by atoms with Gasteiger partial charge in [-0.25, -0.2) is 9.37 Å². The zero-order valence-electron chi connectivity index (χ0n) is 19.1. The van der Waals surface area contributed by atoms with Crippen molar-refractivity contribution in [1.82, 2.24) is 24.1 Å². The van der Waals surface area contributed by atoms with Gasteiger partial charge in [0.25, 0.3) is 11.5 Å². The molecule has 0 spiro atoms. The van der Waals surface area contributed by atoms with Crippen LogP contribution in [-0.4, -0.2) is 42.4 Å². The lowest BCUT2D eigenvalue weighted by Gasteiger charge is -2.15. The van der Waals surface area contributed by atoms with Crippen molar-refractivity contribution >= 4 is 23.3 Å². The van der Waals surface area contributed by atoms with E-state index in [9.17, 15) is 18.8 Å². The minimum absolute atomic E-state index is 0.171. The summed E-state index contributed by atoms with van der Waals surface area (Å²) in [5.41, 5.74) is 1.82. The first-order valence-electron chi connectivity index (χ1n) is 11.4. The first kappa shape index (κ1) is 22.5. The number of hydrogen-bond donors (Lipinski definition) is 1. The van der Waals surface area contributed by atoms with E-state index in [0.717, 1.165) is 24.6 Å². The standard InChI is InChI=1S/C25H23FN6O3/c1-2-3-11-30-14-18-23(25(30)35)31(15-21(33)28-20-10-9-17(26)13-27-20)22-12-19(29-32(22)24(18)34)16-7-5-4-6-8-16/h4-10,12-13H,2-3,11,14-15H2,1H3,(H,27,28,33). The van der Waals surface area contributed by atoms with E-state index in [4.69, 9.17) is 0 Å². The van der Waals surface area contributed by atoms with Crippen LogP contribution in [0.5, 0.6) is 0 Å². The number of nitrogens with zero attached hydrogens (tertiary/aromatic N) is 5. The second-order valence-corrected chi connectivity index (χ2v) is 8.37. The van der Waals surface area contributed by atoms with Crippen LogP contribution in [0.3, 0.4) is 0 Å². The Morgan fingerprint density at radius 2 is 1.94 bits per heavy atom. The fraction of sp³-hybridized carbons (Fsp3) is 0.240. The van der Waals surface area contributed by atoms with Crippen LogP contribution in [0.1, 0.15) is 35.8 Å². The van der Waals surface area contributed by atoms with Gasteiger partial charge in [0.15, 0.2) is 0 Å². The van der Waals surface area contributed by atoms with Crippen molar-refractivity contribution in [2.75, 3.05) is 11.9 Å². The number of benzene rings is 1. The van der Waals surface area contributed by atoms with E-state index in [1.165, 1.54) is 21.2 Å². The summed E-state index contributed by atoms with van der Waals surface area (Å²) in [6, 6.07) is 13.6. The molecule has 1 aromatic carbocycles. The van der Waals surface area contributed by atoms with E-state index in [-0.39, 0.29) is 36.1 Å². The van der Waals surface area contributed by atoms with E-state index < -0.39 is 11.7 Å². The predicted molar refractivity (Wildman–Crippen MR) is 127 cm³/mol. The third kappa shape index (κ3) is 4.18. The topological polar surface area (TPSA) is 102 Å². The highest BCUT2D eigenvalue weighted by molar-refractivity contribution is 5.98. The maximum Gasteiger partial charge on any atom is 0.280 e. The molecule has 1 N–H and O–H groups in total. The van der Waals surface area contributed by atoms with Crippen molar-refractivity contribution < 1.29 is 14.0 Å². The molecule has 35 heavy (non-hydrogen) atoms. The maximum absolute atomic E-state index is 13.4. The Labute approximate surface area is 199 Å². The lowest BCUT2D eigenvalue weighted by Crippen LogP contribution is -2.30. The molecule has 0 bridgehead atoms. The summed E-state index contributed by atoms with van der Waals surface area (Å²) in [4.78, 5) is 45.1. The van der Waals surface area contributed by atoms with Gasteiger partial charge in [0.05, 0.1) is 24.0 Å². The number of carbonyl (C=O) groups is 2. The van der Waals surface area contributed by atoms with Crippen molar-refractivity contribution in [3.8, 4) is 11.3 Å². The summed E-state index contributed by atoms with van der Waals surface area (Å²) in [5.74, 6) is -1.10. The number of carbonyl (C=O) groups excluding carboxylic acids is 2. The summed E-state index contributed by atoms with van der Waals surface area (Å²) >= 11 is 0. The molecule has 0 aliphatic carbocycles. The van der Waals surface area contributed by atoms with E-state index in [2.05, 4.69) is 15.4 Å². The number of fused-ring (bicyclic) bond motifs is 2. The largest absolute Gasteiger partial charge is 0.333 e. The van der Waals surface area contributed by atoms with Gasteiger partial charge in [-0.15, -0.1) is 0 Å². The smallest absolute Gasteiger partial charge is 0.280 e. The fourth-order valence-corrected chi connectivity index (χ4v) is 4.23. The van der Waals surface area contributed by atoms with E-state index in [1.54, 1.807) is 11.0 Å². The van der Waals surface area contributed by atoms with Crippen LogP contribution in [0.4, 0.5) is 10.2 Å². The lowest BCUT2D eigenvalue weighted by atomic mass is 10.1. The molecule has 0 saturated heterocycles. The molecule has 1 aliphatic rings. The van der Waals surface area contributed by atoms with Gasteiger partial charge in [0.1, 0.15) is 29.5 Å². The molecule has 0 atom stereocenters. The Morgan fingerprint density at radius 1 is 1.14 bits per heavy atom. The third-order valence-electron chi connectivity index (χ3n) is 5.96. The first-order valence-corrected chi connectivity index (χ1v) is 11.4. The Hall–Kier alpha value is -4.34. The average molecular weight is 474 g/mol. The quantitative estimate of drug-likeness (QED) is 0.444. The van der Waals surface area contributed by atoms with E-state index in [1.807, 2.05) is 37.3 Å². The van der Waals surface area contributed by atoms with Gasteiger partial charge < -0.3 is 14.8 Å². The highest BCUT2D eigenvalue weighted by Crippen LogP contribution is 2.25. The summed E-state index contributed by atoms with van der Waals surface area (Å²) < 4.78 is 16.0. The van der Waals surface area contributed by atoms with Gasteiger partial charge in [0.2, 0.25) is 5.91 Å².